The van der Waals surface area contributed by atoms with Crippen molar-refractivity contribution in [2.75, 3.05) is 5.32 Å². The maximum Gasteiger partial charge on any atom is 0.283 e. The average Bonchev–Trinajstić information content (AvgIpc) is 3.12. The van der Waals surface area contributed by atoms with E-state index in [1.165, 1.54) is 30.6 Å². The molecule has 2 heterocycles. The van der Waals surface area contributed by atoms with E-state index in [-0.39, 0.29) is 31.8 Å². The molecule has 0 fully saturated rings. The monoisotopic (exact) mass is 464 g/mol. The molecule has 4 rings (SSSR count). The van der Waals surface area contributed by atoms with Crippen molar-refractivity contribution in [3.8, 4) is 0 Å². The number of rotatable bonds is 4. The number of carbonyl (C=O) groups is 1. The number of benzene rings is 2. The Morgan fingerprint density at radius 3 is 2.37 bits per heavy atom. The fourth-order valence-electron chi connectivity index (χ4n) is 2.76. The Bertz CT molecular complexity index is 1370. The Labute approximate surface area is 180 Å². The van der Waals surface area contributed by atoms with E-state index in [4.69, 9.17) is 23.2 Å². The summed E-state index contributed by atoms with van der Waals surface area (Å²) in [5, 5.41) is 7.20. The topological polar surface area (TPSA) is 93.9 Å². The standard InChI is InChI=1S/C19H11Cl2FN4O3S/c20-14-2-1-3-15(21)18(14)19(27)25-17-8-16-11(9-23-17)10-24-26(16)30(28,29)13-6-4-12(22)5-7-13/h1-10H,(H,23,25,27). The highest BCUT2D eigenvalue weighted by Crippen LogP contribution is 2.26. The highest BCUT2D eigenvalue weighted by atomic mass is 35.5. The lowest BCUT2D eigenvalue weighted by molar-refractivity contribution is 0.102. The molecule has 30 heavy (non-hydrogen) atoms. The van der Waals surface area contributed by atoms with Crippen molar-refractivity contribution in [2.24, 2.45) is 0 Å². The summed E-state index contributed by atoms with van der Waals surface area (Å²) in [6, 6.07) is 10.4. The summed E-state index contributed by atoms with van der Waals surface area (Å²) in [5.74, 6) is -1.10. The van der Waals surface area contributed by atoms with E-state index in [0.717, 1.165) is 28.4 Å². The maximum atomic E-state index is 13.2. The molecular formula is C19H11Cl2FN4O3S. The fourth-order valence-corrected chi connectivity index (χ4v) is 4.59. The molecule has 0 radical (unpaired) electrons. The van der Waals surface area contributed by atoms with Crippen LogP contribution in [0.15, 0.2) is 65.8 Å². The molecule has 0 saturated carbocycles. The van der Waals surface area contributed by atoms with Gasteiger partial charge in [-0.2, -0.15) is 17.6 Å². The van der Waals surface area contributed by atoms with Gasteiger partial charge >= 0.3 is 0 Å². The van der Waals surface area contributed by atoms with Crippen LogP contribution < -0.4 is 5.32 Å². The quantitative estimate of drug-likeness (QED) is 0.483. The van der Waals surface area contributed by atoms with Gasteiger partial charge in [0.15, 0.2) is 0 Å². The van der Waals surface area contributed by atoms with Crippen molar-refractivity contribution >= 4 is 55.9 Å². The number of anilines is 1. The first-order valence-electron chi connectivity index (χ1n) is 8.37. The zero-order valence-electron chi connectivity index (χ0n) is 14.9. The highest BCUT2D eigenvalue weighted by molar-refractivity contribution is 7.90. The van der Waals surface area contributed by atoms with Gasteiger partial charge < -0.3 is 5.32 Å². The number of aromatic nitrogens is 3. The van der Waals surface area contributed by atoms with Crippen LogP contribution in [0, 0.1) is 5.82 Å². The van der Waals surface area contributed by atoms with Crippen molar-refractivity contribution in [1.29, 1.82) is 0 Å². The maximum absolute atomic E-state index is 13.2. The SMILES string of the molecule is O=C(Nc1cc2c(cn1)cnn2S(=O)(=O)c1ccc(F)cc1)c1c(Cl)cccc1Cl. The molecule has 2 aromatic heterocycles. The molecular weight excluding hydrogens is 454 g/mol. The first-order chi connectivity index (χ1) is 14.3. The molecule has 0 aliphatic carbocycles. The predicted molar refractivity (Wildman–Crippen MR) is 111 cm³/mol. The number of amides is 1. The number of nitrogens with zero attached hydrogens (tertiary/aromatic N) is 3. The zero-order valence-corrected chi connectivity index (χ0v) is 17.2. The summed E-state index contributed by atoms with van der Waals surface area (Å²) in [6.07, 6.45) is 2.68. The summed E-state index contributed by atoms with van der Waals surface area (Å²) in [4.78, 5) is 16.5. The van der Waals surface area contributed by atoms with Gasteiger partial charge in [-0.05, 0) is 36.4 Å². The zero-order chi connectivity index (χ0) is 21.5. The Morgan fingerprint density at radius 2 is 1.70 bits per heavy atom. The minimum atomic E-state index is -4.09. The lowest BCUT2D eigenvalue weighted by Gasteiger charge is -2.09. The van der Waals surface area contributed by atoms with Crippen molar-refractivity contribution < 1.29 is 17.6 Å². The van der Waals surface area contributed by atoms with Crippen LogP contribution in [0.1, 0.15) is 10.4 Å². The fraction of sp³-hybridized carbons (Fsp3) is 0. The molecule has 1 amide bonds. The van der Waals surface area contributed by atoms with Crippen LogP contribution in [0.2, 0.25) is 10.0 Å². The van der Waals surface area contributed by atoms with E-state index in [0.29, 0.717) is 5.39 Å². The van der Waals surface area contributed by atoms with E-state index >= 15 is 0 Å². The Balaban J connectivity index is 1.73. The van der Waals surface area contributed by atoms with Gasteiger partial charge in [0.05, 0.1) is 32.2 Å². The molecule has 11 heteroatoms. The molecule has 0 bridgehead atoms. The smallest absolute Gasteiger partial charge is 0.283 e. The lowest BCUT2D eigenvalue weighted by Crippen LogP contribution is -2.16. The van der Waals surface area contributed by atoms with E-state index < -0.39 is 21.7 Å². The summed E-state index contributed by atoms with van der Waals surface area (Å²) in [7, 11) is -4.09. The van der Waals surface area contributed by atoms with Gasteiger partial charge in [-0.3, -0.25) is 4.79 Å². The Morgan fingerprint density at radius 1 is 1.03 bits per heavy atom. The molecule has 0 unspecified atom stereocenters. The van der Waals surface area contributed by atoms with Crippen LogP contribution in [0.4, 0.5) is 10.2 Å². The molecule has 2 aromatic carbocycles. The van der Waals surface area contributed by atoms with Gasteiger partial charge in [0.2, 0.25) is 0 Å². The van der Waals surface area contributed by atoms with Gasteiger partial charge in [-0.25, -0.2) is 9.37 Å². The van der Waals surface area contributed by atoms with Crippen LogP contribution in [0.3, 0.4) is 0 Å². The molecule has 1 N–H and O–H groups in total. The summed E-state index contributed by atoms with van der Waals surface area (Å²) in [6.45, 7) is 0. The number of halogens is 3. The largest absolute Gasteiger partial charge is 0.306 e. The van der Waals surface area contributed by atoms with E-state index in [2.05, 4.69) is 15.4 Å². The second kappa shape index (κ2) is 7.67. The van der Waals surface area contributed by atoms with Crippen molar-refractivity contribution in [3.05, 3.63) is 82.4 Å². The van der Waals surface area contributed by atoms with Gasteiger partial charge in [-0.15, -0.1) is 0 Å². The number of nitrogens with one attached hydrogen (secondary N) is 1. The van der Waals surface area contributed by atoms with E-state index in [1.807, 2.05) is 0 Å². The summed E-state index contributed by atoms with van der Waals surface area (Å²) in [5.41, 5.74) is 0.241. The molecule has 0 aliphatic heterocycles. The second-order valence-electron chi connectivity index (χ2n) is 6.13. The van der Waals surface area contributed by atoms with Crippen LogP contribution >= 0.6 is 23.2 Å². The third kappa shape index (κ3) is 3.62. The number of carbonyl (C=O) groups excluding carboxylic acids is 1. The molecule has 0 aliphatic rings. The lowest BCUT2D eigenvalue weighted by atomic mass is 10.2. The van der Waals surface area contributed by atoms with E-state index in [9.17, 15) is 17.6 Å². The van der Waals surface area contributed by atoms with Gasteiger partial charge in [0, 0.05) is 17.6 Å². The predicted octanol–water partition coefficient (Wildman–Crippen LogP) is 4.37. The first-order valence-corrected chi connectivity index (χ1v) is 10.6. The minimum absolute atomic E-state index is 0.0650. The number of hydrogen-bond donors (Lipinski definition) is 1. The third-order valence-corrected chi connectivity index (χ3v) is 6.43. The molecule has 0 spiro atoms. The van der Waals surface area contributed by atoms with Crippen LogP contribution in [0.25, 0.3) is 10.9 Å². The van der Waals surface area contributed by atoms with Crippen LogP contribution in [0.5, 0.6) is 0 Å². The third-order valence-electron chi connectivity index (χ3n) is 4.19. The molecule has 7 nitrogen and oxygen atoms in total. The molecule has 4 aromatic rings. The normalized spacial score (nSPS) is 11.6. The van der Waals surface area contributed by atoms with Crippen LogP contribution in [-0.4, -0.2) is 28.5 Å². The first kappa shape index (κ1) is 20.3. The second-order valence-corrected chi connectivity index (χ2v) is 8.71. The number of fused-ring (bicyclic) bond motifs is 1. The summed E-state index contributed by atoms with van der Waals surface area (Å²) < 4.78 is 39.7. The van der Waals surface area contributed by atoms with E-state index in [1.54, 1.807) is 6.07 Å². The summed E-state index contributed by atoms with van der Waals surface area (Å²) >= 11 is 12.1. The molecule has 152 valence electrons. The Kier molecular flexibility index (Phi) is 5.19. The molecule has 0 saturated heterocycles. The van der Waals surface area contributed by atoms with Gasteiger partial charge in [0.25, 0.3) is 15.9 Å². The number of hydrogen-bond acceptors (Lipinski definition) is 5. The average molecular weight is 465 g/mol. The van der Waals surface area contributed by atoms with Gasteiger partial charge in [-0.1, -0.05) is 29.3 Å². The minimum Gasteiger partial charge on any atom is -0.306 e. The van der Waals surface area contributed by atoms with Crippen molar-refractivity contribution in [2.45, 2.75) is 4.90 Å². The van der Waals surface area contributed by atoms with Crippen molar-refractivity contribution in [1.82, 2.24) is 14.2 Å². The highest BCUT2D eigenvalue weighted by Gasteiger charge is 2.22. The van der Waals surface area contributed by atoms with Crippen molar-refractivity contribution in [3.63, 3.8) is 0 Å². The molecule has 0 atom stereocenters. The van der Waals surface area contributed by atoms with Gasteiger partial charge in [0.1, 0.15) is 11.6 Å². The Hall–Kier alpha value is -3.01. The number of pyridine rings is 1. The van der Waals surface area contributed by atoms with Crippen LogP contribution in [-0.2, 0) is 10.0 Å².